The molecule has 1 saturated carbocycles. The molecule has 0 aromatic carbocycles. The largest absolute Gasteiger partial charge is 0.299 e. The summed E-state index contributed by atoms with van der Waals surface area (Å²) in [5.74, 6) is 0.967. The first kappa shape index (κ1) is 5.54. The molecule has 8 heavy (non-hydrogen) atoms. The Balaban J connectivity index is 2.45. The summed E-state index contributed by atoms with van der Waals surface area (Å²) in [6.07, 6.45) is 3.90. The summed E-state index contributed by atoms with van der Waals surface area (Å²) < 4.78 is 0. The van der Waals surface area contributed by atoms with Crippen LogP contribution in [0.25, 0.3) is 0 Å². The summed E-state index contributed by atoms with van der Waals surface area (Å²) in [5, 5.41) is 0. The van der Waals surface area contributed by atoms with Crippen molar-refractivity contribution in [2.45, 2.75) is 13.8 Å². The molecule has 1 aliphatic rings. The summed E-state index contributed by atoms with van der Waals surface area (Å²) in [4.78, 5) is 10.6. The maximum absolute atomic E-state index is 10.6. The molecule has 0 aliphatic heterocycles. The highest BCUT2D eigenvalue weighted by Gasteiger charge is 2.42. The van der Waals surface area contributed by atoms with Crippen LogP contribution in [-0.2, 0) is 4.79 Å². The van der Waals surface area contributed by atoms with Crippen LogP contribution in [0.2, 0.25) is 0 Å². The SMILES string of the molecule is C/C=C/[C@H]1C(=O)[C@H]1C. The molecule has 0 spiro atoms. The zero-order valence-corrected chi connectivity index (χ0v) is 5.22. The normalized spacial score (nSPS) is 36.5. The maximum atomic E-state index is 10.6. The van der Waals surface area contributed by atoms with E-state index in [1.54, 1.807) is 0 Å². The minimum atomic E-state index is 0.264. The van der Waals surface area contributed by atoms with Crippen molar-refractivity contribution in [2.75, 3.05) is 0 Å². The Morgan fingerprint density at radius 2 is 2.12 bits per heavy atom. The minimum absolute atomic E-state index is 0.264. The van der Waals surface area contributed by atoms with Crippen LogP contribution in [0.15, 0.2) is 12.2 Å². The molecule has 44 valence electrons. The Labute approximate surface area is 49.4 Å². The molecule has 1 heteroatoms. The lowest BCUT2D eigenvalue weighted by molar-refractivity contribution is -0.111. The molecular formula is C7H10O. The molecule has 0 saturated heterocycles. The van der Waals surface area contributed by atoms with Gasteiger partial charge in [0.1, 0.15) is 5.78 Å². The second-order valence-corrected chi connectivity index (χ2v) is 2.24. The van der Waals surface area contributed by atoms with Gasteiger partial charge >= 0.3 is 0 Å². The van der Waals surface area contributed by atoms with E-state index < -0.39 is 0 Å². The van der Waals surface area contributed by atoms with E-state index in [-0.39, 0.29) is 5.92 Å². The molecule has 0 aromatic rings. The Morgan fingerprint density at radius 3 is 2.25 bits per heavy atom. The molecule has 1 rings (SSSR count). The molecule has 0 amide bonds. The van der Waals surface area contributed by atoms with E-state index in [4.69, 9.17) is 0 Å². The van der Waals surface area contributed by atoms with Crippen LogP contribution < -0.4 is 0 Å². The third kappa shape index (κ3) is 0.683. The van der Waals surface area contributed by atoms with Crippen LogP contribution in [0.5, 0.6) is 0 Å². The fraction of sp³-hybridized carbons (Fsp3) is 0.571. The fourth-order valence-electron chi connectivity index (χ4n) is 0.858. The number of ketones is 1. The molecule has 1 nitrogen and oxygen atoms in total. The molecule has 1 aliphatic carbocycles. The first-order chi connectivity index (χ1) is 3.77. The van der Waals surface area contributed by atoms with Crippen molar-refractivity contribution < 1.29 is 4.79 Å². The molecule has 0 aromatic heterocycles. The summed E-state index contributed by atoms with van der Waals surface area (Å²) in [7, 11) is 0. The fourth-order valence-corrected chi connectivity index (χ4v) is 0.858. The quantitative estimate of drug-likeness (QED) is 0.466. The van der Waals surface area contributed by atoms with Gasteiger partial charge in [-0.25, -0.2) is 0 Å². The van der Waals surface area contributed by atoms with Gasteiger partial charge in [-0.3, -0.25) is 4.79 Å². The Kier molecular flexibility index (Phi) is 1.20. The van der Waals surface area contributed by atoms with E-state index in [9.17, 15) is 4.79 Å². The molecule has 0 heterocycles. The Morgan fingerprint density at radius 1 is 1.62 bits per heavy atom. The average Bonchev–Trinajstić information content (AvgIpc) is 2.25. The maximum Gasteiger partial charge on any atom is 0.144 e. The molecule has 0 N–H and O–H groups in total. The van der Waals surface area contributed by atoms with Gasteiger partial charge in [0.25, 0.3) is 0 Å². The van der Waals surface area contributed by atoms with Gasteiger partial charge in [0, 0.05) is 11.8 Å². The van der Waals surface area contributed by atoms with E-state index in [2.05, 4.69) is 0 Å². The Hall–Kier alpha value is -0.590. The van der Waals surface area contributed by atoms with Crippen LogP contribution in [0.4, 0.5) is 0 Å². The van der Waals surface area contributed by atoms with Gasteiger partial charge in [0.05, 0.1) is 0 Å². The van der Waals surface area contributed by atoms with Crippen molar-refractivity contribution in [1.29, 1.82) is 0 Å². The third-order valence-corrected chi connectivity index (χ3v) is 1.61. The number of allylic oxidation sites excluding steroid dienone is 2. The number of carbonyl (C=O) groups is 1. The van der Waals surface area contributed by atoms with Gasteiger partial charge in [-0.05, 0) is 6.92 Å². The predicted octanol–water partition coefficient (Wildman–Crippen LogP) is 1.40. The number of rotatable bonds is 1. The van der Waals surface area contributed by atoms with Crippen LogP contribution in [0.1, 0.15) is 13.8 Å². The molecule has 0 unspecified atom stereocenters. The third-order valence-electron chi connectivity index (χ3n) is 1.61. The van der Waals surface area contributed by atoms with E-state index in [0.717, 1.165) is 0 Å². The predicted molar refractivity (Wildman–Crippen MR) is 32.5 cm³/mol. The van der Waals surface area contributed by atoms with Crippen LogP contribution in [-0.4, -0.2) is 5.78 Å². The smallest absolute Gasteiger partial charge is 0.144 e. The summed E-state index contributed by atoms with van der Waals surface area (Å²) in [5.41, 5.74) is 0. The van der Waals surface area contributed by atoms with Crippen molar-refractivity contribution >= 4 is 5.78 Å². The first-order valence-electron chi connectivity index (χ1n) is 2.94. The molecule has 1 fully saturated rings. The number of hydrogen-bond acceptors (Lipinski definition) is 1. The van der Waals surface area contributed by atoms with Gasteiger partial charge in [-0.15, -0.1) is 0 Å². The van der Waals surface area contributed by atoms with E-state index in [1.807, 2.05) is 26.0 Å². The van der Waals surface area contributed by atoms with Gasteiger partial charge < -0.3 is 0 Å². The lowest BCUT2D eigenvalue weighted by atomic mass is 10.3. The average molecular weight is 110 g/mol. The molecular weight excluding hydrogens is 100 g/mol. The highest BCUT2D eigenvalue weighted by molar-refractivity contribution is 6.00. The highest BCUT2D eigenvalue weighted by Crippen LogP contribution is 2.33. The zero-order chi connectivity index (χ0) is 6.15. The first-order valence-corrected chi connectivity index (χ1v) is 2.94. The summed E-state index contributed by atoms with van der Waals surface area (Å²) in [6.45, 7) is 3.91. The van der Waals surface area contributed by atoms with Crippen molar-refractivity contribution in [3.8, 4) is 0 Å². The summed E-state index contributed by atoms with van der Waals surface area (Å²) in [6, 6.07) is 0. The van der Waals surface area contributed by atoms with Crippen LogP contribution in [0.3, 0.4) is 0 Å². The van der Waals surface area contributed by atoms with Crippen molar-refractivity contribution in [2.24, 2.45) is 11.8 Å². The van der Waals surface area contributed by atoms with Gasteiger partial charge in [-0.1, -0.05) is 19.1 Å². The lowest BCUT2D eigenvalue weighted by Crippen LogP contribution is -1.66. The minimum Gasteiger partial charge on any atom is -0.299 e. The van der Waals surface area contributed by atoms with E-state index >= 15 is 0 Å². The monoisotopic (exact) mass is 110 g/mol. The van der Waals surface area contributed by atoms with Crippen molar-refractivity contribution in [3.05, 3.63) is 12.2 Å². The van der Waals surface area contributed by atoms with Gasteiger partial charge in [0.15, 0.2) is 0 Å². The standard InChI is InChI=1S/C7H10O/c1-3-4-6-5(2)7(6)8/h3-6H,1-2H3/b4-3+/t5-,6+/m0/s1. The number of Topliss-reactive ketones (excluding diaryl/α,β-unsaturated/α-hetero) is 1. The van der Waals surface area contributed by atoms with E-state index in [0.29, 0.717) is 11.7 Å². The molecule has 0 radical (unpaired) electrons. The summed E-state index contributed by atoms with van der Waals surface area (Å²) >= 11 is 0. The van der Waals surface area contributed by atoms with Gasteiger partial charge in [0.2, 0.25) is 0 Å². The van der Waals surface area contributed by atoms with Crippen molar-refractivity contribution in [1.82, 2.24) is 0 Å². The van der Waals surface area contributed by atoms with E-state index in [1.165, 1.54) is 0 Å². The second kappa shape index (κ2) is 1.73. The number of hydrogen-bond donors (Lipinski definition) is 0. The highest BCUT2D eigenvalue weighted by atomic mass is 16.1. The second-order valence-electron chi connectivity index (χ2n) is 2.24. The zero-order valence-electron chi connectivity index (χ0n) is 5.22. The lowest BCUT2D eigenvalue weighted by Gasteiger charge is -1.72. The van der Waals surface area contributed by atoms with Crippen molar-refractivity contribution in [3.63, 3.8) is 0 Å². The topological polar surface area (TPSA) is 17.1 Å². The van der Waals surface area contributed by atoms with Crippen LogP contribution >= 0.6 is 0 Å². The van der Waals surface area contributed by atoms with Gasteiger partial charge in [-0.2, -0.15) is 0 Å². The molecule has 0 bridgehead atoms. The molecule has 2 atom stereocenters. The Bertz CT molecular complexity index is 135. The van der Waals surface area contributed by atoms with Crippen LogP contribution in [0, 0.1) is 11.8 Å². The number of carbonyl (C=O) groups excluding carboxylic acids is 1.